The number of nitrogens with zero attached hydrogens (tertiary/aromatic N) is 2. The van der Waals surface area contributed by atoms with E-state index in [1.165, 1.54) is 4.31 Å². The van der Waals surface area contributed by atoms with E-state index in [2.05, 4.69) is 5.32 Å². The lowest BCUT2D eigenvalue weighted by molar-refractivity contribution is 0.0765. The van der Waals surface area contributed by atoms with Crippen molar-refractivity contribution < 1.29 is 13.2 Å². The van der Waals surface area contributed by atoms with Crippen molar-refractivity contribution in [2.75, 3.05) is 42.8 Å². The van der Waals surface area contributed by atoms with Crippen LogP contribution in [0.4, 0.5) is 5.69 Å². The van der Waals surface area contributed by atoms with Gasteiger partial charge >= 0.3 is 0 Å². The van der Waals surface area contributed by atoms with Gasteiger partial charge in [0.05, 0.1) is 11.4 Å². The summed E-state index contributed by atoms with van der Waals surface area (Å²) < 4.78 is 25.5. The molecule has 3 rings (SSSR count). The monoisotopic (exact) mass is 337 g/mol. The summed E-state index contributed by atoms with van der Waals surface area (Å²) in [6.45, 7) is 5.61. The van der Waals surface area contributed by atoms with Gasteiger partial charge in [-0.25, -0.2) is 8.42 Å². The summed E-state index contributed by atoms with van der Waals surface area (Å²) in [7, 11) is -3.19. The van der Waals surface area contributed by atoms with Crippen LogP contribution in [-0.4, -0.2) is 57.7 Å². The number of carbonyl (C=O) groups excluding carboxylic acids is 1. The molecule has 23 heavy (non-hydrogen) atoms. The topological polar surface area (TPSA) is 69.7 Å². The van der Waals surface area contributed by atoms with Crippen LogP contribution in [-0.2, 0) is 10.0 Å². The van der Waals surface area contributed by atoms with Gasteiger partial charge in [-0.1, -0.05) is 0 Å². The lowest BCUT2D eigenvalue weighted by atomic mass is 10.1. The molecule has 0 saturated carbocycles. The first-order chi connectivity index (χ1) is 11.0. The normalized spacial score (nSPS) is 21.3. The molecule has 2 saturated heterocycles. The lowest BCUT2D eigenvalue weighted by Crippen LogP contribution is -2.34. The van der Waals surface area contributed by atoms with Crippen LogP contribution in [0, 0.1) is 6.92 Å². The van der Waals surface area contributed by atoms with Crippen molar-refractivity contribution in [2.45, 2.75) is 19.8 Å². The minimum atomic E-state index is -3.19. The Morgan fingerprint density at radius 1 is 1.13 bits per heavy atom. The molecule has 0 aromatic heterocycles. The van der Waals surface area contributed by atoms with Gasteiger partial charge in [0.1, 0.15) is 0 Å². The Hall–Kier alpha value is -1.60. The summed E-state index contributed by atoms with van der Waals surface area (Å²) >= 11 is 0. The first-order valence-corrected chi connectivity index (χ1v) is 9.71. The molecule has 126 valence electrons. The van der Waals surface area contributed by atoms with Crippen LogP contribution >= 0.6 is 0 Å². The Morgan fingerprint density at radius 3 is 2.65 bits per heavy atom. The van der Waals surface area contributed by atoms with E-state index < -0.39 is 10.0 Å². The first kappa shape index (κ1) is 16.3. The number of nitrogens with one attached hydrogen (secondary N) is 1. The lowest BCUT2D eigenvalue weighted by Gasteiger charge is -2.22. The molecular formula is C16H23N3O3S. The number of amides is 1. The van der Waals surface area contributed by atoms with Crippen LogP contribution in [0.3, 0.4) is 0 Å². The zero-order chi connectivity index (χ0) is 16.4. The maximum Gasteiger partial charge on any atom is 0.254 e. The van der Waals surface area contributed by atoms with Gasteiger partial charge in [0.15, 0.2) is 0 Å². The van der Waals surface area contributed by atoms with Crippen molar-refractivity contribution in [1.82, 2.24) is 10.2 Å². The Bertz CT molecular complexity index is 695. The van der Waals surface area contributed by atoms with E-state index in [1.54, 1.807) is 12.1 Å². The highest BCUT2D eigenvalue weighted by molar-refractivity contribution is 7.93. The first-order valence-electron chi connectivity index (χ1n) is 8.10. The van der Waals surface area contributed by atoms with E-state index in [0.717, 1.165) is 31.6 Å². The fourth-order valence-electron chi connectivity index (χ4n) is 3.19. The number of benzene rings is 1. The third kappa shape index (κ3) is 3.35. The SMILES string of the molecule is Cc1cc(N2CCCS2(=O)=O)ccc1C(=O)N1CCCNCC1. The standard InChI is InChI=1S/C16H23N3O3S/c1-13-12-14(19-9-3-11-23(19,21)22)4-5-15(13)16(20)18-8-2-6-17-7-10-18/h4-5,12,17H,2-3,6-11H2,1H3. The van der Waals surface area contributed by atoms with E-state index >= 15 is 0 Å². The van der Waals surface area contributed by atoms with Crippen molar-refractivity contribution in [3.05, 3.63) is 29.3 Å². The molecule has 1 N–H and O–H groups in total. The summed E-state index contributed by atoms with van der Waals surface area (Å²) in [6.07, 6.45) is 1.61. The van der Waals surface area contributed by atoms with Gasteiger partial charge in [-0.15, -0.1) is 0 Å². The fourth-order valence-corrected chi connectivity index (χ4v) is 4.75. The van der Waals surface area contributed by atoms with E-state index in [4.69, 9.17) is 0 Å². The van der Waals surface area contributed by atoms with Crippen LogP contribution in [0.5, 0.6) is 0 Å². The van der Waals surface area contributed by atoms with Gasteiger partial charge < -0.3 is 10.2 Å². The highest BCUT2D eigenvalue weighted by Gasteiger charge is 2.29. The van der Waals surface area contributed by atoms with Gasteiger partial charge in [-0.2, -0.15) is 0 Å². The van der Waals surface area contributed by atoms with Crippen molar-refractivity contribution >= 4 is 21.6 Å². The molecule has 7 heteroatoms. The maximum atomic E-state index is 12.7. The van der Waals surface area contributed by atoms with E-state index in [-0.39, 0.29) is 11.7 Å². The third-order valence-corrected chi connectivity index (χ3v) is 6.32. The number of aryl methyl sites for hydroxylation is 1. The fraction of sp³-hybridized carbons (Fsp3) is 0.562. The minimum absolute atomic E-state index is 0.0297. The highest BCUT2D eigenvalue weighted by atomic mass is 32.2. The van der Waals surface area contributed by atoms with E-state index in [0.29, 0.717) is 30.8 Å². The average molecular weight is 337 g/mol. The number of hydrogen-bond acceptors (Lipinski definition) is 4. The number of hydrogen-bond donors (Lipinski definition) is 1. The van der Waals surface area contributed by atoms with Crippen LogP contribution < -0.4 is 9.62 Å². The molecule has 2 aliphatic rings. The molecule has 0 bridgehead atoms. The summed E-state index contributed by atoms with van der Waals surface area (Å²) in [5.74, 6) is 0.232. The zero-order valence-electron chi connectivity index (χ0n) is 13.4. The summed E-state index contributed by atoms with van der Waals surface area (Å²) in [4.78, 5) is 14.6. The van der Waals surface area contributed by atoms with Crippen LogP contribution in [0.1, 0.15) is 28.8 Å². The molecule has 0 spiro atoms. The largest absolute Gasteiger partial charge is 0.337 e. The summed E-state index contributed by atoms with van der Waals surface area (Å²) in [5.41, 5.74) is 2.15. The molecule has 0 radical (unpaired) electrons. The smallest absolute Gasteiger partial charge is 0.254 e. The predicted octanol–water partition coefficient (Wildman–Crippen LogP) is 0.970. The second-order valence-corrected chi connectivity index (χ2v) is 8.15. The van der Waals surface area contributed by atoms with E-state index in [1.807, 2.05) is 17.9 Å². The Kier molecular flexibility index (Phi) is 4.59. The number of rotatable bonds is 2. The van der Waals surface area contributed by atoms with E-state index in [9.17, 15) is 13.2 Å². The van der Waals surface area contributed by atoms with Gasteiger partial charge in [0, 0.05) is 31.7 Å². The molecular weight excluding hydrogens is 314 g/mol. The molecule has 6 nitrogen and oxygen atoms in total. The van der Waals surface area contributed by atoms with Crippen molar-refractivity contribution in [3.63, 3.8) is 0 Å². The highest BCUT2D eigenvalue weighted by Crippen LogP contribution is 2.26. The van der Waals surface area contributed by atoms with Gasteiger partial charge in [-0.05, 0) is 50.1 Å². The van der Waals surface area contributed by atoms with Gasteiger partial charge in [0.2, 0.25) is 10.0 Å². The minimum Gasteiger partial charge on any atom is -0.337 e. The number of carbonyl (C=O) groups is 1. The molecule has 1 amide bonds. The van der Waals surface area contributed by atoms with Crippen molar-refractivity contribution in [3.8, 4) is 0 Å². The third-order valence-electron chi connectivity index (χ3n) is 4.45. The Balaban J connectivity index is 1.83. The molecule has 1 aromatic rings. The molecule has 1 aromatic carbocycles. The van der Waals surface area contributed by atoms with Crippen LogP contribution in [0.15, 0.2) is 18.2 Å². The summed E-state index contributed by atoms with van der Waals surface area (Å²) in [5, 5.41) is 3.29. The summed E-state index contributed by atoms with van der Waals surface area (Å²) in [6, 6.07) is 5.32. The quantitative estimate of drug-likeness (QED) is 0.873. The number of anilines is 1. The Morgan fingerprint density at radius 2 is 1.96 bits per heavy atom. The second-order valence-electron chi connectivity index (χ2n) is 6.14. The molecule has 0 aliphatic carbocycles. The maximum absolute atomic E-state index is 12.7. The van der Waals surface area contributed by atoms with Crippen molar-refractivity contribution in [2.24, 2.45) is 0 Å². The van der Waals surface area contributed by atoms with Crippen LogP contribution in [0.25, 0.3) is 0 Å². The molecule has 0 unspecified atom stereocenters. The van der Waals surface area contributed by atoms with Crippen LogP contribution in [0.2, 0.25) is 0 Å². The zero-order valence-corrected chi connectivity index (χ0v) is 14.2. The van der Waals surface area contributed by atoms with Gasteiger partial charge in [0.25, 0.3) is 5.91 Å². The second kappa shape index (κ2) is 6.49. The molecule has 2 aliphatic heterocycles. The number of sulfonamides is 1. The Labute approximate surface area is 137 Å². The molecule has 0 atom stereocenters. The average Bonchev–Trinajstić information content (AvgIpc) is 2.73. The predicted molar refractivity (Wildman–Crippen MR) is 90.3 cm³/mol. The molecule has 2 fully saturated rings. The molecule has 2 heterocycles. The van der Waals surface area contributed by atoms with Gasteiger partial charge in [-0.3, -0.25) is 9.10 Å². The van der Waals surface area contributed by atoms with Crippen molar-refractivity contribution in [1.29, 1.82) is 0 Å².